The van der Waals surface area contributed by atoms with Gasteiger partial charge in [-0.2, -0.15) is 0 Å². The largest absolute Gasteiger partial charge is 0.178 e. The Bertz CT molecular complexity index is 2840. The number of benzene rings is 9. The molecule has 0 spiro atoms. The van der Waals surface area contributed by atoms with Crippen molar-refractivity contribution < 1.29 is 0 Å². The lowest BCUT2D eigenvalue weighted by atomic mass is 9.94. The molecule has 0 bridgehead atoms. The van der Waals surface area contributed by atoms with Crippen molar-refractivity contribution in [2.45, 2.75) is 27.7 Å². The Morgan fingerprint density at radius 2 is 0.547 bits per heavy atom. The third-order valence-electron chi connectivity index (χ3n) is 13.9. The van der Waals surface area contributed by atoms with E-state index < -0.39 is 8.07 Å². The first-order valence-electron chi connectivity index (χ1n) is 22.6. The number of hydrogen-bond donors (Lipinski definition) is 0. The van der Waals surface area contributed by atoms with Gasteiger partial charge in [-0.15, -0.1) is 0 Å². The van der Waals surface area contributed by atoms with Crippen LogP contribution in [-0.2, 0) is 0 Å². The summed E-state index contributed by atoms with van der Waals surface area (Å²) in [5.74, 6) is 0.184. The van der Waals surface area contributed by atoms with Gasteiger partial charge in [0.2, 0.25) is 0 Å². The van der Waals surface area contributed by atoms with Crippen LogP contribution in [0, 0.1) is 5.92 Å². The Balaban J connectivity index is 1.52. The Morgan fingerprint density at radius 3 is 0.797 bits per heavy atom. The van der Waals surface area contributed by atoms with Crippen molar-refractivity contribution in [1.82, 2.24) is 0 Å². The van der Waals surface area contributed by atoms with E-state index >= 15 is 0 Å². The van der Waals surface area contributed by atoms with Crippen LogP contribution >= 0.6 is 0 Å². The Morgan fingerprint density at radius 1 is 0.281 bits per heavy atom. The van der Waals surface area contributed by atoms with Crippen molar-refractivity contribution in [3.05, 3.63) is 259 Å². The molecule has 0 amide bonds. The summed E-state index contributed by atoms with van der Waals surface area (Å²) in [6.45, 7) is 9.66. The van der Waals surface area contributed by atoms with E-state index in [-0.39, 0.29) is 5.92 Å². The molecule has 9 aromatic rings. The van der Waals surface area contributed by atoms with E-state index in [1.165, 1.54) is 99.0 Å². The normalized spacial score (nSPS) is 14.0. The van der Waals surface area contributed by atoms with E-state index in [2.05, 4.69) is 264 Å². The molecule has 0 aliphatic heterocycles. The quantitative estimate of drug-likeness (QED) is 0.0951. The minimum Gasteiger partial charge on any atom is -0.0636 e. The van der Waals surface area contributed by atoms with Crippen LogP contribution in [0.5, 0.6) is 0 Å². The summed E-state index contributed by atoms with van der Waals surface area (Å²) >= 11 is 0. The van der Waals surface area contributed by atoms with E-state index in [1.807, 2.05) is 0 Å². The average molecular weight is 837 g/mol. The van der Waals surface area contributed by atoms with Gasteiger partial charge in [0.25, 0.3) is 0 Å². The molecule has 1 atom stereocenters. The molecule has 0 N–H and O–H groups in total. The first kappa shape index (κ1) is 40.7. The lowest BCUT2D eigenvalue weighted by molar-refractivity contribution is 0.852. The van der Waals surface area contributed by atoms with E-state index in [0.717, 1.165) is 0 Å². The van der Waals surface area contributed by atoms with Gasteiger partial charge in [-0.1, -0.05) is 260 Å². The van der Waals surface area contributed by atoms with Crippen molar-refractivity contribution in [3.8, 4) is 66.8 Å². The van der Waals surface area contributed by atoms with Crippen LogP contribution in [0.25, 0.3) is 66.8 Å². The van der Waals surface area contributed by atoms with Gasteiger partial charge < -0.3 is 0 Å². The highest BCUT2D eigenvalue weighted by atomic mass is 28.3. The summed E-state index contributed by atoms with van der Waals surface area (Å²) in [7, 11) is -3.54. The Labute approximate surface area is 380 Å². The van der Waals surface area contributed by atoms with E-state index in [1.54, 1.807) is 5.20 Å². The standard InChI is InChI=1S/C63H52Si/c1-44-45(2)47(4)63(46(44)3)64(57-41-23-38-54(48-26-11-5-12-27-48)60(57)51-32-17-8-18-33-51,58-42-24-39-55(49-28-13-6-14-29-49)61(58)52-34-19-9-20-35-52)59-43-25-40-56(50-30-15-7-16-31-50)62(59)53-36-21-10-22-37-53/h5-43,46H,1-4H3. The highest BCUT2D eigenvalue weighted by Crippen LogP contribution is 2.47. The fraction of sp³-hybridized carbons (Fsp3) is 0.0794. The van der Waals surface area contributed by atoms with E-state index in [4.69, 9.17) is 0 Å². The highest BCUT2D eigenvalue weighted by Gasteiger charge is 2.52. The van der Waals surface area contributed by atoms with Crippen molar-refractivity contribution in [2.75, 3.05) is 0 Å². The summed E-state index contributed by atoms with van der Waals surface area (Å²) in [5, 5.41) is 5.74. The molecule has 1 aliphatic rings. The second-order valence-electron chi connectivity index (χ2n) is 17.2. The molecule has 10 rings (SSSR count). The summed E-state index contributed by atoms with van der Waals surface area (Å²) in [5.41, 5.74) is 19.2. The number of allylic oxidation sites excluding steroid dienone is 4. The smallest absolute Gasteiger partial charge is 0.0636 e. The molecular weight excluding hydrogens is 785 g/mol. The lowest BCUT2D eigenvalue weighted by Gasteiger charge is -2.43. The maximum Gasteiger partial charge on any atom is 0.178 e. The molecule has 0 fully saturated rings. The minimum absolute atomic E-state index is 0.184. The van der Waals surface area contributed by atoms with Crippen LogP contribution in [0.2, 0.25) is 0 Å². The number of rotatable bonds is 10. The zero-order valence-electron chi connectivity index (χ0n) is 37.1. The van der Waals surface area contributed by atoms with Crippen molar-refractivity contribution in [3.63, 3.8) is 0 Å². The maximum absolute atomic E-state index is 3.54. The Hall–Kier alpha value is -7.32. The zero-order chi connectivity index (χ0) is 43.6. The SMILES string of the molecule is CC1=C(C)C(C)C([Si](c2cccc(-c3ccccc3)c2-c2ccccc2)(c2cccc(-c3ccccc3)c2-c2ccccc2)c2cccc(-c3ccccc3)c2-c2ccccc2)=C1C. The van der Waals surface area contributed by atoms with Crippen molar-refractivity contribution in [1.29, 1.82) is 0 Å². The van der Waals surface area contributed by atoms with Crippen LogP contribution < -0.4 is 15.6 Å². The van der Waals surface area contributed by atoms with Gasteiger partial charge in [0.15, 0.2) is 8.07 Å². The predicted octanol–water partition coefficient (Wildman–Crippen LogP) is 15.0. The Kier molecular flexibility index (Phi) is 11.1. The fourth-order valence-electron chi connectivity index (χ4n) is 10.8. The topological polar surface area (TPSA) is 0 Å². The molecule has 0 saturated heterocycles. The fourth-order valence-corrected chi connectivity index (χ4v) is 17.1. The van der Waals surface area contributed by atoms with Crippen LogP contribution in [-0.4, -0.2) is 8.07 Å². The van der Waals surface area contributed by atoms with Gasteiger partial charge in [0.1, 0.15) is 0 Å². The van der Waals surface area contributed by atoms with E-state index in [9.17, 15) is 0 Å². The number of hydrogen-bond acceptors (Lipinski definition) is 0. The van der Waals surface area contributed by atoms with Gasteiger partial charge in [0.05, 0.1) is 0 Å². The zero-order valence-corrected chi connectivity index (χ0v) is 38.1. The molecule has 1 heteroatoms. The summed E-state index contributed by atoms with van der Waals surface area (Å²) in [6.07, 6.45) is 0. The molecule has 0 nitrogen and oxygen atoms in total. The molecule has 308 valence electrons. The lowest BCUT2D eigenvalue weighted by Crippen LogP contribution is -2.71. The monoisotopic (exact) mass is 836 g/mol. The average Bonchev–Trinajstić information content (AvgIpc) is 3.56. The van der Waals surface area contributed by atoms with Crippen LogP contribution in [0.1, 0.15) is 27.7 Å². The molecular formula is C63H52Si. The molecule has 0 aromatic heterocycles. The molecule has 0 heterocycles. The third kappa shape index (κ3) is 6.94. The highest BCUT2D eigenvalue weighted by molar-refractivity contribution is 7.18. The maximum atomic E-state index is 2.52. The molecule has 64 heavy (non-hydrogen) atoms. The second kappa shape index (κ2) is 17.4. The summed E-state index contributed by atoms with van der Waals surface area (Å²) < 4.78 is 0. The minimum atomic E-state index is -3.54. The summed E-state index contributed by atoms with van der Waals surface area (Å²) in [6, 6.07) is 88.5. The third-order valence-corrected chi connectivity index (χ3v) is 19.2. The molecule has 9 aromatic carbocycles. The molecule has 0 radical (unpaired) electrons. The first-order chi connectivity index (χ1) is 31.5. The van der Waals surface area contributed by atoms with Gasteiger partial charge in [-0.05, 0) is 115 Å². The summed E-state index contributed by atoms with van der Waals surface area (Å²) in [4.78, 5) is 0. The predicted molar refractivity (Wildman–Crippen MR) is 277 cm³/mol. The van der Waals surface area contributed by atoms with Crippen molar-refractivity contribution >= 4 is 23.6 Å². The molecule has 1 unspecified atom stereocenters. The first-order valence-corrected chi connectivity index (χ1v) is 24.6. The second-order valence-corrected chi connectivity index (χ2v) is 20.9. The van der Waals surface area contributed by atoms with Gasteiger partial charge >= 0.3 is 0 Å². The van der Waals surface area contributed by atoms with Crippen molar-refractivity contribution in [2.24, 2.45) is 5.92 Å². The molecule has 1 aliphatic carbocycles. The van der Waals surface area contributed by atoms with Gasteiger partial charge in [0, 0.05) is 0 Å². The van der Waals surface area contributed by atoms with Crippen LogP contribution in [0.3, 0.4) is 0 Å². The molecule has 0 saturated carbocycles. The van der Waals surface area contributed by atoms with Crippen LogP contribution in [0.15, 0.2) is 259 Å². The van der Waals surface area contributed by atoms with Crippen LogP contribution in [0.4, 0.5) is 0 Å². The van der Waals surface area contributed by atoms with Gasteiger partial charge in [-0.3, -0.25) is 0 Å². The van der Waals surface area contributed by atoms with E-state index in [0.29, 0.717) is 0 Å². The van der Waals surface area contributed by atoms with Gasteiger partial charge in [-0.25, -0.2) is 0 Å².